The average Bonchev–Trinajstić information content (AvgIpc) is 2.74. The van der Waals surface area contributed by atoms with Crippen molar-refractivity contribution in [2.75, 3.05) is 5.32 Å². The molecule has 0 saturated heterocycles. The summed E-state index contributed by atoms with van der Waals surface area (Å²) in [6, 6.07) is 22.1. The number of aryl methyl sites for hydroxylation is 1. The standard InChI is InChI=1S/C24H18BrClN2O2/c1-16-6-9-21(10-7-16)28-24(29)19(14-27)12-18-13-20(25)8-11-23(18)30-15-17-4-2-3-5-22(17)26/h2-13H,15H2,1H3,(H,28,29)/b19-12+. The lowest BCUT2D eigenvalue weighted by molar-refractivity contribution is -0.112. The van der Waals surface area contributed by atoms with Crippen LogP contribution in [-0.4, -0.2) is 5.91 Å². The molecule has 0 aliphatic rings. The molecule has 6 heteroatoms. The van der Waals surface area contributed by atoms with E-state index in [1.54, 1.807) is 30.3 Å². The van der Waals surface area contributed by atoms with Crippen LogP contribution in [0.4, 0.5) is 5.69 Å². The van der Waals surface area contributed by atoms with E-state index in [2.05, 4.69) is 21.2 Å². The maximum Gasteiger partial charge on any atom is 0.266 e. The van der Waals surface area contributed by atoms with Crippen LogP contribution < -0.4 is 10.1 Å². The number of rotatable bonds is 6. The molecule has 0 radical (unpaired) electrons. The molecule has 3 aromatic rings. The van der Waals surface area contributed by atoms with Gasteiger partial charge in [-0.2, -0.15) is 5.26 Å². The summed E-state index contributed by atoms with van der Waals surface area (Å²) in [6.07, 6.45) is 1.51. The Morgan fingerprint density at radius 3 is 2.60 bits per heavy atom. The number of hydrogen-bond donors (Lipinski definition) is 1. The van der Waals surface area contributed by atoms with E-state index in [0.717, 1.165) is 15.6 Å². The molecule has 3 aromatic carbocycles. The second-order valence-corrected chi connectivity index (χ2v) is 7.88. The molecule has 0 spiro atoms. The molecule has 0 bridgehead atoms. The number of nitrogens with one attached hydrogen (secondary N) is 1. The van der Waals surface area contributed by atoms with E-state index in [-0.39, 0.29) is 12.2 Å². The van der Waals surface area contributed by atoms with Crippen molar-refractivity contribution in [2.24, 2.45) is 0 Å². The van der Waals surface area contributed by atoms with Crippen LogP contribution in [0.25, 0.3) is 6.08 Å². The number of carbonyl (C=O) groups excluding carboxylic acids is 1. The Morgan fingerprint density at radius 1 is 1.17 bits per heavy atom. The number of nitrogens with zero attached hydrogens (tertiary/aromatic N) is 1. The third kappa shape index (κ3) is 5.73. The zero-order valence-corrected chi connectivity index (χ0v) is 18.5. The summed E-state index contributed by atoms with van der Waals surface area (Å²) in [5.41, 5.74) is 3.12. The van der Waals surface area contributed by atoms with Crippen molar-refractivity contribution < 1.29 is 9.53 Å². The fourth-order valence-electron chi connectivity index (χ4n) is 2.67. The van der Waals surface area contributed by atoms with Crippen LogP contribution in [-0.2, 0) is 11.4 Å². The van der Waals surface area contributed by atoms with Gasteiger partial charge in [0, 0.05) is 26.3 Å². The molecule has 0 fully saturated rings. The third-order valence-electron chi connectivity index (χ3n) is 4.29. The monoisotopic (exact) mass is 480 g/mol. The second-order valence-electron chi connectivity index (χ2n) is 6.55. The summed E-state index contributed by atoms with van der Waals surface area (Å²) >= 11 is 9.62. The van der Waals surface area contributed by atoms with Gasteiger partial charge in [0.2, 0.25) is 0 Å². The lowest BCUT2D eigenvalue weighted by atomic mass is 10.1. The summed E-state index contributed by atoms with van der Waals surface area (Å²) in [5, 5.41) is 12.9. The van der Waals surface area contributed by atoms with Gasteiger partial charge in [0.25, 0.3) is 5.91 Å². The molecule has 0 aliphatic heterocycles. The maximum atomic E-state index is 12.6. The van der Waals surface area contributed by atoms with Gasteiger partial charge in [-0.15, -0.1) is 0 Å². The topological polar surface area (TPSA) is 62.1 Å². The fraction of sp³-hybridized carbons (Fsp3) is 0.0833. The average molecular weight is 482 g/mol. The minimum Gasteiger partial charge on any atom is -0.488 e. The minimum absolute atomic E-state index is 0.0312. The number of benzene rings is 3. The quantitative estimate of drug-likeness (QED) is 0.321. The number of hydrogen-bond acceptors (Lipinski definition) is 3. The van der Waals surface area contributed by atoms with Gasteiger partial charge in [-0.25, -0.2) is 0 Å². The molecule has 30 heavy (non-hydrogen) atoms. The SMILES string of the molecule is Cc1ccc(NC(=O)/C(C#N)=C/c2cc(Br)ccc2OCc2ccccc2Cl)cc1. The van der Waals surface area contributed by atoms with Gasteiger partial charge in [0.05, 0.1) is 0 Å². The van der Waals surface area contributed by atoms with Gasteiger partial charge in [0.1, 0.15) is 24.0 Å². The van der Waals surface area contributed by atoms with Gasteiger partial charge in [-0.05, 0) is 49.4 Å². The van der Waals surface area contributed by atoms with Crippen LogP contribution in [0.1, 0.15) is 16.7 Å². The van der Waals surface area contributed by atoms with E-state index in [1.165, 1.54) is 6.08 Å². The summed E-state index contributed by atoms with van der Waals surface area (Å²) < 4.78 is 6.73. The van der Waals surface area contributed by atoms with E-state index >= 15 is 0 Å². The zero-order valence-electron chi connectivity index (χ0n) is 16.2. The molecule has 1 N–H and O–H groups in total. The molecule has 1 amide bonds. The summed E-state index contributed by atoms with van der Waals surface area (Å²) in [6.45, 7) is 2.23. The molecule has 150 valence electrons. The zero-order chi connectivity index (χ0) is 21.5. The number of halogens is 2. The molecule has 3 rings (SSSR count). The van der Waals surface area contributed by atoms with Crippen molar-refractivity contribution in [3.63, 3.8) is 0 Å². The predicted molar refractivity (Wildman–Crippen MR) is 123 cm³/mol. The highest BCUT2D eigenvalue weighted by Crippen LogP contribution is 2.27. The highest BCUT2D eigenvalue weighted by atomic mass is 79.9. The molecular formula is C24H18BrClN2O2. The van der Waals surface area contributed by atoms with Crippen molar-refractivity contribution in [3.05, 3.63) is 98.5 Å². The van der Waals surface area contributed by atoms with E-state index in [9.17, 15) is 10.1 Å². The first kappa shape index (κ1) is 21.6. The smallest absolute Gasteiger partial charge is 0.266 e. The fourth-order valence-corrected chi connectivity index (χ4v) is 3.24. The Balaban J connectivity index is 1.83. The van der Waals surface area contributed by atoms with Crippen LogP contribution in [0.15, 0.2) is 76.8 Å². The highest BCUT2D eigenvalue weighted by Gasteiger charge is 2.12. The van der Waals surface area contributed by atoms with E-state index < -0.39 is 5.91 Å². The van der Waals surface area contributed by atoms with Crippen LogP contribution >= 0.6 is 27.5 Å². The third-order valence-corrected chi connectivity index (χ3v) is 5.15. The Hall–Kier alpha value is -3.07. The van der Waals surface area contributed by atoms with Gasteiger partial charge >= 0.3 is 0 Å². The summed E-state index contributed by atoms with van der Waals surface area (Å²) in [4.78, 5) is 12.6. The molecule has 0 atom stereocenters. The van der Waals surface area contributed by atoms with Crippen molar-refractivity contribution >= 4 is 45.2 Å². The first-order chi connectivity index (χ1) is 14.5. The number of amides is 1. The van der Waals surface area contributed by atoms with Gasteiger partial charge in [-0.3, -0.25) is 4.79 Å². The first-order valence-corrected chi connectivity index (χ1v) is 10.3. The van der Waals surface area contributed by atoms with Crippen molar-refractivity contribution in [3.8, 4) is 11.8 Å². The van der Waals surface area contributed by atoms with E-state index in [4.69, 9.17) is 16.3 Å². The summed E-state index contributed by atoms with van der Waals surface area (Å²) in [5.74, 6) is 0.0485. The normalized spacial score (nSPS) is 10.9. The molecule has 4 nitrogen and oxygen atoms in total. The number of nitriles is 1. The largest absolute Gasteiger partial charge is 0.488 e. The lowest BCUT2D eigenvalue weighted by Gasteiger charge is -2.11. The van der Waals surface area contributed by atoms with Crippen LogP contribution in [0.3, 0.4) is 0 Å². The van der Waals surface area contributed by atoms with E-state index in [0.29, 0.717) is 22.0 Å². The van der Waals surface area contributed by atoms with Crippen molar-refractivity contribution in [2.45, 2.75) is 13.5 Å². The molecule has 0 heterocycles. The summed E-state index contributed by atoms with van der Waals surface area (Å²) in [7, 11) is 0. The molecule has 0 aliphatic carbocycles. The second kappa shape index (κ2) is 10.1. The Labute approximate surface area is 188 Å². The van der Waals surface area contributed by atoms with Crippen LogP contribution in [0, 0.1) is 18.3 Å². The Bertz CT molecular complexity index is 1130. The van der Waals surface area contributed by atoms with Crippen molar-refractivity contribution in [1.82, 2.24) is 0 Å². The highest BCUT2D eigenvalue weighted by molar-refractivity contribution is 9.10. The minimum atomic E-state index is -0.488. The molecular weight excluding hydrogens is 464 g/mol. The first-order valence-electron chi connectivity index (χ1n) is 9.12. The van der Waals surface area contributed by atoms with Crippen molar-refractivity contribution in [1.29, 1.82) is 5.26 Å². The van der Waals surface area contributed by atoms with Gasteiger partial charge < -0.3 is 10.1 Å². The predicted octanol–water partition coefficient (Wildman–Crippen LogP) is 6.54. The number of anilines is 1. The lowest BCUT2D eigenvalue weighted by Crippen LogP contribution is -2.13. The van der Waals surface area contributed by atoms with Gasteiger partial charge in [-0.1, -0.05) is 63.4 Å². The Morgan fingerprint density at radius 2 is 1.90 bits per heavy atom. The van der Waals surface area contributed by atoms with Crippen LogP contribution in [0.2, 0.25) is 5.02 Å². The number of carbonyl (C=O) groups is 1. The molecule has 0 aromatic heterocycles. The molecule has 0 unspecified atom stereocenters. The van der Waals surface area contributed by atoms with Crippen LogP contribution in [0.5, 0.6) is 5.75 Å². The molecule has 0 saturated carbocycles. The van der Waals surface area contributed by atoms with Gasteiger partial charge in [0.15, 0.2) is 0 Å². The van der Waals surface area contributed by atoms with E-state index in [1.807, 2.05) is 49.4 Å². The maximum absolute atomic E-state index is 12.6. The number of ether oxygens (including phenoxy) is 1. The Kier molecular flexibility index (Phi) is 7.29.